The van der Waals surface area contributed by atoms with Crippen molar-refractivity contribution in [3.05, 3.63) is 0 Å². The number of imide groups is 1. The molecule has 7 heteroatoms. The van der Waals surface area contributed by atoms with E-state index >= 15 is 0 Å². The Morgan fingerprint density at radius 1 is 1.26 bits per heavy atom. The summed E-state index contributed by atoms with van der Waals surface area (Å²) in [5.74, 6) is -2.15. The summed E-state index contributed by atoms with van der Waals surface area (Å²) in [7, 11) is 4.04. The molecule has 0 aliphatic carbocycles. The first kappa shape index (κ1) is 15.6. The van der Waals surface area contributed by atoms with Crippen molar-refractivity contribution < 1.29 is 28.6 Å². The fraction of sp³-hybridized carbons (Fsp3) is 0.750. The number of nitrogens with zero attached hydrogens (tertiary/aromatic N) is 1. The number of rotatable bonds is 5. The quantitative estimate of drug-likeness (QED) is 0.515. The Labute approximate surface area is 111 Å². The Hall–Kier alpha value is -1.47. The molecule has 1 heterocycles. The molecule has 7 nitrogen and oxygen atoms in total. The summed E-state index contributed by atoms with van der Waals surface area (Å²) in [6.07, 6.45) is -0.323. The molecule has 0 bridgehead atoms. The summed E-state index contributed by atoms with van der Waals surface area (Å²) in [6.45, 7) is 1.58. The second-order valence-electron chi connectivity index (χ2n) is 4.31. The Kier molecular flexibility index (Phi) is 5.44. The van der Waals surface area contributed by atoms with Gasteiger partial charge in [-0.25, -0.2) is 4.79 Å². The van der Waals surface area contributed by atoms with Crippen LogP contribution in [-0.4, -0.2) is 56.3 Å². The fourth-order valence-corrected chi connectivity index (χ4v) is 2.16. The Bertz CT molecular complexity index is 365. The molecular formula is C12H19NO6. The lowest BCUT2D eigenvalue weighted by Gasteiger charge is -2.27. The molecular weight excluding hydrogens is 254 g/mol. The summed E-state index contributed by atoms with van der Waals surface area (Å²) >= 11 is 0. The van der Waals surface area contributed by atoms with E-state index < -0.39 is 30.1 Å². The molecule has 1 saturated heterocycles. The van der Waals surface area contributed by atoms with Crippen LogP contribution < -0.4 is 0 Å². The third-order valence-electron chi connectivity index (χ3n) is 3.19. The average Bonchev–Trinajstić information content (AvgIpc) is 2.80. The zero-order chi connectivity index (χ0) is 14.6. The first-order chi connectivity index (χ1) is 8.97. The van der Waals surface area contributed by atoms with Gasteiger partial charge in [-0.15, -0.1) is 0 Å². The van der Waals surface area contributed by atoms with Crippen LogP contribution in [-0.2, 0) is 28.6 Å². The lowest BCUT2D eigenvalue weighted by molar-refractivity contribution is -0.171. The standard InChI is InChI=1S/C12H19NO6/c1-7(12(18-3)19-4)10(15)13-8(11(16)17-2)5-6-9(13)14/h7-8,12H,5-6H2,1-4H3/t7?,8-/m0/s1. The molecule has 0 saturated carbocycles. The average molecular weight is 273 g/mol. The van der Waals surface area contributed by atoms with Crippen molar-refractivity contribution in [2.75, 3.05) is 21.3 Å². The van der Waals surface area contributed by atoms with Crippen LogP contribution in [0.15, 0.2) is 0 Å². The normalized spacial score (nSPS) is 20.8. The topological polar surface area (TPSA) is 82.1 Å². The second kappa shape index (κ2) is 6.63. The van der Waals surface area contributed by atoms with E-state index in [1.54, 1.807) is 6.92 Å². The van der Waals surface area contributed by atoms with E-state index in [0.717, 1.165) is 4.90 Å². The molecule has 0 aromatic heterocycles. The summed E-state index contributed by atoms with van der Waals surface area (Å²) in [5.41, 5.74) is 0. The molecule has 2 amide bonds. The third kappa shape index (κ3) is 3.10. The lowest BCUT2D eigenvalue weighted by Crippen LogP contribution is -2.48. The van der Waals surface area contributed by atoms with Gasteiger partial charge in [-0.1, -0.05) is 0 Å². The van der Waals surface area contributed by atoms with Crippen LogP contribution in [0.4, 0.5) is 0 Å². The molecule has 0 N–H and O–H groups in total. The molecule has 1 aliphatic rings. The number of hydrogen-bond donors (Lipinski definition) is 0. The van der Waals surface area contributed by atoms with Gasteiger partial charge in [0.2, 0.25) is 11.8 Å². The smallest absolute Gasteiger partial charge is 0.329 e. The Morgan fingerprint density at radius 3 is 2.32 bits per heavy atom. The predicted octanol–water partition coefficient (Wildman–Crippen LogP) is -0.0680. The van der Waals surface area contributed by atoms with E-state index in [-0.39, 0.29) is 18.7 Å². The number of methoxy groups -OCH3 is 3. The van der Waals surface area contributed by atoms with E-state index in [9.17, 15) is 14.4 Å². The number of esters is 1. The van der Waals surface area contributed by atoms with E-state index in [1.165, 1.54) is 21.3 Å². The predicted molar refractivity (Wildman–Crippen MR) is 63.9 cm³/mol. The largest absolute Gasteiger partial charge is 0.467 e. The van der Waals surface area contributed by atoms with Crippen molar-refractivity contribution in [3.63, 3.8) is 0 Å². The highest BCUT2D eigenvalue weighted by atomic mass is 16.7. The van der Waals surface area contributed by atoms with Crippen molar-refractivity contribution in [3.8, 4) is 0 Å². The van der Waals surface area contributed by atoms with Gasteiger partial charge in [-0.3, -0.25) is 14.5 Å². The minimum Gasteiger partial charge on any atom is -0.467 e. The minimum atomic E-state index is -0.846. The number of amides is 2. The monoisotopic (exact) mass is 273 g/mol. The van der Waals surface area contributed by atoms with Crippen molar-refractivity contribution in [1.82, 2.24) is 4.90 Å². The number of hydrogen-bond acceptors (Lipinski definition) is 6. The molecule has 1 fully saturated rings. The van der Waals surface area contributed by atoms with Gasteiger partial charge < -0.3 is 14.2 Å². The van der Waals surface area contributed by atoms with Gasteiger partial charge in [-0.2, -0.15) is 0 Å². The van der Waals surface area contributed by atoms with Crippen LogP contribution in [0.5, 0.6) is 0 Å². The first-order valence-corrected chi connectivity index (χ1v) is 5.97. The molecule has 108 valence electrons. The highest BCUT2D eigenvalue weighted by Gasteiger charge is 2.43. The van der Waals surface area contributed by atoms with E-state index in [1.807, 2.05) is 0 Å². The summed E-state index contributed by atoms with van der Waals surface area (Å²) in [5, 5.41) is 0. The molecule has 1 unspecified atom stereocenters. The van der Waals surface area contributed by atoms with E-state index in [4.69, 9.17) is 9.47 Å². The number of likely N-dealkylation sites (tertiary alicyclic amines) is 1. The minimum absolute atomic E-state index is 0.156. The number of ether oxygens (including phenoxy) is 3. The summed E-state index contributed by atoms with van der Waals surface area (Å²) in [4.78, 5) is 36.6. The van der Waals surface area contributed by atoms with Crippen LogP contribution in [0.2, 0.25) is 0 Å². The SMILES string of the molecule is COC(=O)[C@@H]1CCC(=O)N1C(=O)C(C)C(OC)OC. The molecule has 1 aliphatic heterocycles. The molecule has 2 atom stereocenters. The summed E-state index contributed by atoms with van der Waals surface area (Å²) in [6, 6.07) is -0.846. The molecule has 0 spiro atoms. The molecule has 19 heavy (non-hydrogen) atoms. The van der Waals surface area contributed by atoms with Crippen molar-refractivity contribution in [2.45, 2.75) is 32.1 Å². The van der Waals surface area contributed by atoms with Gasteiger partial charge in [0.1, 0.15) is 6.04 Å². The maximum Gasteiger partial charge on any atom is 0.329 e. The van der Waals surface area contributed by atoms with Gasteiger partial charge in [0.25, 0.3) is 0 Å². The van der Waals surface area contributed by atoms with Gasteiger partial charge in [-0.05, 0) is 13.3 Å². The van der Waals surface area contributed by atoms with Gasteiger partial charge in [0, 0.05) is 20.6 Å². The van der Waals surface area contributed by atoms with Crippen LogP contribution in [0.1, 0.15) is 19.8 Å². The Morgan fingerprint density at radius 2 is 1.84 bits per heavy atom. The van der Waals surface area contributed by atoms with E-state index in [0.29, 0.717) is 0 Å². The van der Waals surface area contributed by atoms with Crippen molar-refractivity contribution in [1.29, 1.82) is 0 Å². The zero-order valence-electron chi connectivity index (χ0n) is 11.5. The van der Waals surface area contributed by atoms with Crippen LogP contribution in [0.25, 0.3) is 0 Å². The molecule has 0 radical (unpaired) electrons. The molecule has 1 rings (SSSR count). The number of carbonyl (C=O) groups excluding carboxylic acids is 3. The van der Waals surface area contributed by atoms with Crippen molar-refractivity contribution >= 4 is 17.8 Å². The summed E-state index contributed by atoms with van der Waals surface area (Å²) < 4.78 is 14.6. The van der Waals surface area contributed by atoms with E-state index in [2.05, 4.69) is 4.74 Å². The Balaban J connectivity index is 2.88. The van der Waals surface area contributed by atoms with Crippen LogP contribution in [0.3, 0.4) is 0 Å². The zero-order valence-corrected chi connectivity index (χ0v) is 11.5. The maximum absolute atomic E-state index is 12.3. The van der Waals surface area contributed by atoms with Crippen LogP contribution in [0, 0.1) is 5.92 Å². The highest BCUT2D eigenvalue weighted by Crippen LogP contribution is 2.24. The lowest BCUT2D eigenvalue weighted by atomic mass is 10.1. The maximum atomic E-state index is 12.3. The van der Waals surface area contributed by atoms with Gasteiger partial charge in [0.05, 0.1) is 13.0 Å². The van der Waals surface area contributed by atoms with Crippen LogP contribution >= 0.6 is 0 Å². The third-order valence-corrected chi connectivity index (χ3v) is 3.19. The highest BCUT2D eigenvalue weighted by molar-refractivity contribution is 6.02. The number of carbonyl (C=O) groups is 3. The van der Waals surface area contributed by atoms with Crippen molar-refractivity contribution in [2.24, 2.45) is 5.92 Å². The molecule has 0 aromatic carbocycles. The fourth-order valence-electron chi connectivity index (χ4n) is 2.16. The second-order valence-corrected chi connectivity index (χ2v) is 4.31. The van der Waals surface area contributed by atoms with Gasteiger partial charge in [0.15, 0.2) is 6.29 Å². The first-order valence-electron chi connectivity index (χ1n) is 5.97. The molecule has 0 aromatic rings. The van der Waals surface area contributed by atoms with Gasteiger partial charge >= 0.3 is 5.97 Å².